The molecule has 0 aliphatic rings. The maximum Gasteiger partial charge on any atom is 0.264 e. The average molecular weight is 598 g/mol. The molecule has 4 rings (SSSR count). The Kier molecular flexibility index (Phi) is 10.4. The van der Waals surface area contributed by atoms with Crippen molar-refractivity contribution in [2.24, 2.45) is 0 Å². The number of aryl methyl sites for hydroxylation is 1. The number of carbonyl (C=O) groups is 2. The fourth-order valence-corrected chi connectivity index (χ4v) is 6.31. The largest absolute Gasteiger partial charge is 0.357 e. The summed E-state index contributed by atoms with van der Waals surface area (Å²) < 4.78 is 29.4. The van der Waals surface area contributed by atoms with Crippen LogP contribution in [0.25, 0.3) is 0 Å². The van der Waals surface area contributed by atoms with E-state index in [4.69, 9.17) is 0 Å². The van der Waals surface area contributed by atoms with Crippen LogP contribution in [0, 0.1) is 6.92 Å². The number of anilines is 1. The van der Waals surface area contributed by atoms with E-state index in [1.54, 1.807) is 36.4 Å². The number of benzene rings is 4. The predicted molar refractivity (Wildman–Crippen MR) is 171 cm³/mol. The van der Waals surface area contributed by atoms with Gasteiger partial charge in [0.15, 0.2) is 0 Å². The Balaban J connectivity index is 1.78. The molecule has 43 heavy (non-hydrogen) atoms. The number of likely N-dealkylation sites (N-methyl/N-ethyl adjacent to an activating group) is 1. The summed E-state index contributed by atoms with van der Waals surface area (Å²) in [4.78, 5) is 29.2. The maximum absolute atomic E-state index is 14.3. The first-order valence-electron chi connectivity index (χ1n) is 14.4. The molecule has 0 aliphatic heterocycles. The minimum absolute atomic E-state index is 0.0839. The summed E-state index contributed by atoms with van der Waals surface area (Å²) in [5.74, 6) is -0.565. The molecule has 0 unspecified atom stereocenters. The molecule has 1 atom stereocenters. The zero-order chi connectivity index (χ0) is 31.0. The monoisotopic (exact) mass is 597 g/mol. The van der Waals surface area contributed by atoms with Crippen molar-refractivity contribution in [2.75, 3.05) is 17.9 Å². The number of amides is 2. The third kappa shape index (κ3) is 7.90. The van der Waals surface area contributed by atoms with E-state index in [0.717, 1.165) is 26.6 Å². The number of nitrogens with zero attached hydrogens (tertiary/aromatic N) is 2. The molecule has 8 heteroatoms. The molecule has 0 aromatic heterocycles. The molecular weight excluding hydrogens is 558 g/mol. The van der Waals surface area contributed by atoms with Crippen LogP contribution >= 0.6 is 0 Å². The highest BCUT2D eigenvalue weighted by molar-refractivity contribution is 7.92. The Morgan fingerprint density at radius 1 is 0.767 bits per heavy atom. The molecule has 4 aromatic rings. The van der Waals surface area contributed by atoms with E-state index >= 15 is 0 Å². The molecule has 4 aromatic carbocycles. The van der Waals surface area contributed by atoms with E-state index in [0.29, 0.717) is 5.69 Å². The summed E-state index contributed by atoms with van der Waals surface area (Å²) in [5, 5.41) is 2.70. The van der Waals surface area contributed by atoms with Crippen molar-refractivity contribution in [1.29, 1.82) is 0 Å². The van der Waals surface area contributed by atoms with Gasteiger partial charge >= 0.3 is 0 Å². The quantitative estimate of drug-likeness (QED) is 0.227. The molecule has 0 bridgehead atoms. The average Bonchev–Trinajstić information content (AvgIpc) is 3.02. The van der Waals surface area contributed by atoms with Gasteiger partial charge in [0.05, 0.1) is 10.6 Å². The SMILES string of the molecule is CNC(=O)[C@H](Cc1ccccc1)N(Cc1ccccc1)C(=O)CN(c1ccc(C(C)C)cc1)S(=O)(=O)c1ccc(C)cc1. The highest BCUT2D eigenvalue weighted by Gasteiger charge is 2.34. The van der Waals surface area contributed by atoms with E-state index in [1.165, 1.54) is 11.9 Å². The van der Waals surface area contributed by atoms with Gasteiger partial charge in [-0.1, -0.05) is 104 Å². The van der Waals surface area contributed by atoms with Crippen LogP contribution in [-0.4, -0.2) is 44.8 Å². The summed E-state index contributed by atoms with van der Waals surface area (Å²) >= 11 is 0. The third-order valence-corrected chi connectivity index (χ3v) is 9.24. The topological polar surface area (TPSA) is 86.8 Å². The number of sulfonamides is 1. The lowest BCUT2D eigenvalue weighted by Gasteiger charge is -2.33. The number of rotatable bonds is 12. The van der Waals surface area contributed by atoms with Gasteiger partial charge in [0, 0.05) is 20.0 Å². The van der Waals surface area contributed by atoms with Crippen molar-refractivity contribution in [1.82, 2.24) is 10.2 Å². The minimum Gasteiger partial charge on any atom is -0.357 e. The van der Waals surface area contributed by atoms with E-state index in [-0.39, 0.29) is 29.7 Å². The molecule has 0 heterocycles. The number of nitrogens with one attached hydrogen (secondary N) is 1. The molecule has 224 valence electrons. The normalized spacial score (nSPS) is 12.0. The Hall–Kier alpha value is -4.43. The van der Waals surface area contributed by atoms with E-state index in [9.17, 15) is 18.0 Å². The molecule has 0 saturated carbocycles. The van der Waals surface area contributed by atoms with E-state index in [1.807, 2.05) is 79.7 Å². The lowest BCUT2D eigenvalue weighted by atomic mass is 10.0. The Morgan fingerprint density at radius 2 is 1.33 bits per heavy atom. The molecule has 0 saturated heterocycles. The first kappa shape index (κ1) is 31.5. The molecule has 2 amide bonds. The molecule has 7 nitrogen and oxygen atoms in total. The van der Waals surface area contributed by atoms with E-state index in [2.05, 4.69) is 19.2 Å². The van der Waals surface area contributed by atoms with Crippen molar-refractivity contribution in [2.45, 2.75) is 50.6 Å². The van der Waals surface area contributed by atoms with Gasteiger partial charge < -0.3 is 10.2 Å². The Morgan fingerprint density at radius 3 is 1.86 bits per heavy atom. The smallest absolute Gasteiger partial charge is 0.264 e. The van der Waals surface area contributed by atoms with Crippen LogP contribution in [0.15, 0.2) is 114 Å². The minimum atomic E-state index is -4.13. The fourth-order valence-electron chi connectivity index (χ4n) is 4.89. The van der Waals surface area contributed by atoms with Crippen LogP contribution in [0.3, 0.4) is 0 Å². The van der Waals surface area contributed by atoms with Crippen molar-refractivity contribution in [3.05, 3.63) is 131 Å². The molecular formula is C35H39N3O4S. The molecule has 0 radical (unpaired) electrons. The zero-order valence-electron chi connectivity index (χ0n) is 25.1. The Bertz CT molecular complexity index is 1610. The second-order valence-electron chi connectivity index (χ2n) is 10.9. The van der Waals surface area contributed by atoms with Crippen LogP contribution < -0.4 is 9.62 Å². The van der Waals surface area contributed by atoms with Crippen molar-refractivity contribution in [3.8, 4) is 0 Å². The lowest BCUT2D eigenvalue weighted by molar-refractivity contribution is -0.139. The van der Waals surface area contributed by atoms with Gasteiger partial charge in [-0.2, -0.15) is 0 Å². The van der Waals surface area contributed by atoms with Gasteiger partial charge in [-0.25, -0.2) is 8.42 Å². The standard InChI is InChI=1S/C35H39N3O4S/c1-26(2)30-17-19-31(20-18-30)38(43(41,42)32-21-15-27(3)16-22-32)25-34(39)37(24-29-13-9-6-10-14-29)33(35(40)36-4)23-28-11-7-5-8-12-28/h5-22,26,33H,23-25H2,1-4H3,(H,36,40)/t33-/m0/s1. The molecule has 1 N–H and O–H groups in total. The number of hydrogen-bond acceptors (Lipinski definition) is 4. The molecule has 0 aliphatic carbocycles. The fraction of sp³-hybridized carbons (Fsp3) is 0.257. The maximum atomic E-state index is 14.3. The summed E-state index contributed by atoms with van der Waals surface area (Å²) in [5.41, 5.74) is 4.06. The summed E-state index contributed by atoms with van der Waals surface area (Å²) in [6.45, 7) is 5.66. The summed E-state index contributed by atoms with van der Waals surface area (Å²) in [6, 6.07) is 31.8. The van der Waals surface area contributed by atoms with Crippen molar-refractivity contribution in [3.63, 3.8) is 0 Å². The summed E-state index contributed by atoms with van der Waals surface area (Å²) in [7, 11) is -2.59. The predicted octanol–water partition coefficient (Wildman–Crippen LogP) is 5.70. The molecule has 0 spiro atoms. The van der Waals surface area contributed by atoms with Crippen molar-refractivity contribution >= 4 is 27.5 Å². The highest BCUT2D eigenvalue weighted by Crippen LogP contribution is 2.27. The number of carbonyl (C=O) groups excluding carboxylic acids is 2. The van der Waals surface area contributed by atoms with Crippen molar-refractivity contribution < 1.29 is 18.0 Å². The first-order chi connectivity index (χ1) is 20.6. The van der Waals surface area contributed by atoms with Crippen LogP contribution in [-0.2, 0) is 32.6 Å². The molecule has 0 fully saturated rings. The second-order valence-corrected chi connectivity index (χ2v) is 12.8. The second kappa shape index (κ2) is 14.2. The van der Waals surface area contributed by atoms with Gasteiger partial charge in [0.2, 0.25) is 11.8 Å². The van der Waals surface area contributed by atoms with Gasteiger partial charge in [-0.3, -0.25) is 13.9 Å². The van der Waals surface area contributed by atoms with Crippen LogP contribution in [0.4, 0.5) is 5.69 Å². The van der Waals surface area contributed by atoms with Gasteiger partial charge in [0.1, 0.15) is 12.6 Å². The zero-order valence-corrected chi connectivity index (χ0v) is 25.9. The van der Waals surface area contributed by atoms with Gasteiger partial charge in [0.25, 0.3) is 10.0 Å². The van der Waals surface area contributed by atoms with Crippen LogP contribution in [0.1, 0.15) is 42.0 Å². The number of hydrogen-bond donors (Lipinski definition) is 1. The van der Waals surface area contributed by atoms with E-state index < -0.39 is 28.5 Å². The van der Waals surface area contributed by atoms with Crippen LogP contribution in [0.2, 0.25) is 0 Å². The van der Waals surface area contributed by atoms with Crippen LogP contribution in [0.5, 0.6) is 0 Å². The Labute approximate surface area is 255 Å². The third-order valence-electron chi connectivity index (χ3n) is 7.45. The lowest BCUT2D eigenvalue weighted by Crippen LogP contribution is -2.53. The highest BCUT2D eigenvalue weighted by atomic mass is 32.2. The summed E-state index contributed by atoms with van der Waals surface area (Å²) in [6.07, 6.45) is 0.271. The van der Waals surface area contributed by atoms with Gasteiger partial charge in [-0.15, -0.1) is 0 Å². The first-order valence-corrected chi connectivity index (χ1v) is 15.8. The van der Waals surface area contributed by atoms with Gasteiger partial charge in [-0.05, 0) is 53.8 Å².